The molecule has 12 nitrogen and oxygen atoms in total. The zero-order valence-electron chi connectivity index (χ0n) is 70.2. The van der Waals surface area contributed by atoms with E-state index in [4.69, 9.17) is 58.0 Å². The van der Waals surface area contributed by atoms with Crippen LogP contribution in [0.25, 0.3) is 0 Å². The van der Waals surface area contributed by atoms with Crippen LogP contribution in [0, 0.1) is 66.1 Å². The summed E-state index contributed by atoms with van der Waals surface area (Å²) in [5, 5.41) is 17.3. The number of aryl methyl sites for hydroxylation is 1. The second-order valence-electron chi connectivity index (χ2n) is 34.4. The van der Waals surface area contributed by atoms with Crippen molar-refractivity contribution in [2.75, 3.05) is 78.5 Å². The molecule has 2 heterocycles. The molecular weight excluding hydrogens is 1500 g/mol. The van der Waals surface area contributed by atoms with E-state index in [1.165, 1.54) is 44.1 Å². The number of nitrogens with one attached hydrogen (secondary N) is 4. The van der Waals surface area contributed by atoms with E-state index >= 15 is 0 Å². The lowest BCUT2D eigenvalue weighted by atomic mass is 9.87. The Morgan fingerprint density at radius 1 is 0.330 bits per heavy atom. The lowest BCUT2D eigenvalue weighted by Gasteiger charge is -2.39. The fourth-order valence-electron chi connectivity index (χ4n) is 13.8. The van der Waals surface area contributed by atoms with Crippen LogP contribution < -0.4 is 21.3 Å². The first-order valence-electron chi connectivity index (χ1n) is 41.5. The number of rotatable bonds is 36. The van der Waals surface area contributed by atoms with Crippen LogP contribution in [-0.4, -0.2) is 135 Å². The molecule has 0 aromatic heterocycles. The van der Waals surface area contributed by atoms with Gasteiger partial charge in [-0.1, -0.05) is 259 Å². The topological polar surface area (TPSA) is 157 Å². The highest BCUT2D eigenvalue weighted by molar-refractivity contribution is 6.31. The van der Waals surface area contributed by atoms with Gasteiger partial charge in [0.2, 0.25) is 0 Å². The van der Waals surface area contributed by atoms with Crippen LogP contribution in [0.1, 0.15) is 224 Å². The average molecular weight is 1630 g/mol. The van der Waals surface area contributed by atoms with E-state index in [0.29, 0.717) is 61.9 Å². The summed E-state index contributed by atoms with van der Waals surface area (Å²) < 4.78 is 0. The van der Waals surface area contributed by atoms with Crippen molar-refractivity contribution in [3.8, 4) is 0 Å². The van der Waals surface area contributed by atoms with Gasteiger partial charge in [-0.3, -0.25) is 28.8 Å². The van der Waals surface area contributed by atoms with Crippen LogP contribution in [-0.2, 0) is 28.8 Å². The van der Waals surface area contributed by atoms with Crippen LogP contribution in [0.15, 0.2) is 146 Å². The maximum absolute atomic E-state index is 12.4. The molecule has 2 aliphatic heterocycles. The number of halogens is 5. The standard InChI is InChI=1S/4C16H22ClNO.C16H25NO.C15H20ClNO/c2*1-11(2)16(19)15(10-18-8-12(3)9-18)13-4-6-14(17)7-5-13;2*1-11(2)16(19)15(10-18-9-12-3-4-12)13-5-7-14(17)8-6-13;1-11(2)16(18)15(10-17-12(3)4)14-8-6-13(5)7-9-14;1-10(2)15(18)14(9-17-13-7-8-13)11-3-5-12(16)6-4-11/h2*4-7,11-12,15H,8-10H2,1-3H3;2*5-8,11-12,15,18H,3-4,9-10H2,1-2H3;6-9,11-12,15,17H,10H2,1-5H3;3-6,10,13-14,17H,7-9H2,1-2H3/t5*15-;14-/m101011/s1. The molecule has 5 fully saturated rings. The van der Waals surface area contributed by atoms with Crippen molar-refractivity contribution >= 4 is 92.7 Å². The third-order valence-electron chi connectivity index (χ3n) is 21.4. The molecule has 4 N–H and O–H groups in total. The minimum atomic E-state index is -0.0592. The van der Waals surface area contributed by atoms with E-state index in [1.807, 2.05) is 204 Å². The summed E-state index contributed by atoms with van der Waals surface area (Å²) in [5.41, 5.74) is 7.70. The van der Waals surface area contributed by atoms with Gasteiger partial charge in [0.1, 0.15) is 34.7 Å². The monoisotopic (exact) mass is 1630 g/mol. The molecule has 17 heteroatoms. The Bertz CT molecular complexity index is 3550. The summed E-state index contributed by atoms with van der Waals surface area (Å²) in [7, 11) is 0. The SMILES string of the molecule is CC(C)C(=O)[C@@H](CNCC1CC1)c1ccc(Cl)cc1.CC(C)C(=O)[C@H](CNC1CC1)c1ccc(Cl)cc1.CC(C)C(=O)[C@H](CNCC1CC1)c1ccc(Cl)cc1.CC1CN(C[C@@H](C(=O)C(C)C)c2ccc(Cl)cc2)C1.CC1CN(C[C@H](C(=O)C(C)C)c2ccc(Cl)cc2)C1.Cc1ccc([C@@H](CNC(C)C)C(=O)C(C)C)cc1. The van der Waals surface area contributed by atoms with E-state index in [0.717, 1.165) is 146 Å². The first-order valence-corrected chi connectivity index (χ1v) is 43.4. The Morgan fingerprint density at radius 2 is 0.562 bits per heavy atom. The smallest absolute Gasteiger partial charge is 0.144 e. The van der Waals surface area contributed by atoms with Crippen molar-refractivity contribution in [1.82, 2.24) is 31.1 Å². The van der Waals surface area contributed by atoms with Gasteiger partial charge in [0.15, 0.2) is 0 Å². The highest BCUT2D eigenvalue weighted by atomic mass is 35.5. The van der Waals surface area contributed by atoms with Crippen LogP contribution >= 0.6 is 58.0 Å². The Morgan fingerprint density at radius 3 is 0.795 bits per heavy atom. The van der Waals surface area contributed by atoms with E-state index in [1.54, 1.807) is 0 Å². The molecular formula is C95H133Cl5N6O6. The molecule has 614 valence electrons. The molecule has 11 rings (SSSR count). The largest absolute Gasteiger partial charge is 0.315 e. The summed E-state index contributed by atoms with van der Waals surface area (Å²) >= 11 is 29.6. The van der Waals surface area contributed by atoms with Crippen LogP contribution in [0.5, 0.6) is 0 Å². The van der Waals surface area contributed by atoms with Gasteiger partial charge in [0, 0.05) is 138 Å². The molecule has 6 atom stereocenters. The predicted octanol–water partition coefficient (Wildman–Crippen LogP) is 21.2. The normalized spacial score (nSPS) is 16.7. The average Bonchev–Trinajstić information content (AvgIpc) is 1.54. The van der Waals surface area contributed by atoms with E-state index in [-0.39, 0.29) is 71.0 Å². The molecule has 0 amide bonds. The molecule has 0 unspecified atom stereocenters. The van der Waals surface area contributed by atoms with Gasteiger partial charge in [0.05, 0.1) is 35.5 Å². The Hall–Kier alpha value is -5.45. The number of nitrogens with zero attached hydrogens (tertiary/aromatic N) is 2. The van der Waals surface area contributed by atoms with E-state index in [9.17, 15) is 28.8 Å². The number of hydrogen-bond donors (Lipinski definition) is 4. The summed E-state index contributed by atoms with van der Waals surface area (Å²) in [4.78, 5) is 78.9. The fraction of sp³-hybridized carbons (Fsp3) is 0.558. The highest BCUT2D eigenvalue weighted by Crippen LogP contribution is 2.33. The van der Waals surface area contributed by atoms with Gasteiger partial charge in [-0.05, 0) is 176 Å². The molecule has 2 saturated heterocycles. The molecule has 3 aliphatic carbocycles. The third kappa shape index (κ3) is 34.0. The first-order chi connectivity index (χ1) is 53.1. The lowest BCUT2D eigenvalue weighted by molar-refractivity contribution is -0.125. The molecule has 0 bridgehead atoms. The van der Waals surface area contributed by atoms with Crippen LogP contribution in [0.2, 0.25) is 25.1 Å². The van der Waals surface area contributed by atoms with Crippen LogP contribution in [0.4, 0.5) is 0 Å². The first kappa shape index (κ1) is 95.4. The Kier molecular flexibility index (Phi) is 41.1. The Labute approximate surface area is 698 Å². The van der Waals surface area contributed by atoms with Gasteiger partial charge in [-0.2, -0.15) is 0 Å². The van der Waals surface area contributed by atoms with Crippen molar-refractivity contribution in [3.05, 3.63) is 210 Å². The number of carbonyl (C=O) groups excluding carboxylic acids is 6. The molecule has 6 aromatic carbocycles. The molecule has 112 heavy (non-hydrogen) atoms. The summed E-state index contributed by atoms with van der Waals surface area (Å²) in [6, 6.07) is 47.7. The third-order valence-corrected chi connectivity index (χ3v) is 22.6. The molecule has 6 aromatic rings. The number of benzene rings is 6. The second-order valence-corrected chi connectivity index (χ2v) is 36.6. The van der Waals surface area contributed by atoms with Gasteiger partial charge < -0.3 is 31.1 Å². The van der Waals surface area contributed by atoms with Crippen LogP contribution in [0.3, 0.4) is 0 Å². The summed E-state index contributed by atoms with van der Waals surface area (Å²) in [5.74, 6) is 5.18. The zero-order valence-corrected chi connectivity index (χ0v) is 74.0. The molecule has 0 radical (unpaired) electrons. The van der Waals surface area contributed by atoms with Crippen molar-refractivity contribution in [1.29, 1.82) is 0 Å². The maximum atomic E-state index is 12.4. The molecule has 3 saturated carbocycles. The van der Waals surface area contributed by atoms with Gasteiger partial charge in [-0.25, -0.2) is 0 Å². The number of ketones is 6. The maximum Gasteiger partial charge on any atom is 0.144 e. The molecule has 0 spiro atoms. The minimum Gasteiger partial charge on any atom is -0.315 e. The van der Waals surface area contributed by atoms with Crippen molar-refractivity contribution in [2.24, 2.45) is 59.2 Å². The Balaban J connectivity index is 0.000000210. The summed E-state index contributed by atoms with van der Waals surface area (Å²) in [6.07, 6.45) is 7.80. The minimum absolute atomic E-state index is 0.0234. The number of hydrogen-bond acceptors (Lipinski definition) is 12. The van der Waals surface area contributed by atoms with Gasteiger partial charge in [0.25, 0.3) is 0 Å². The highest BCUT2D eigenvalue weighted by Gasteiger charge is 2.34. The van der Waals surface area contributed by atoms with E-state index in [2.05, 4.69) is 90.0 Å². The van der Waals surface area contributed by atoms with E-state index < -0.39 is 0 Å². The number of Topliss-reactive ketones (excluding diaryl/α,β-unsaturated/α-hetero) is 6. The lowest BCUT2D eigenvalue weighted by Crippen LogP contribution is -2.48. The second kappa shape index (κ2) is 48.3. The quantitative estimate of drug-likeness (QED) is 0.0296. The fourth-order valence-corrected chi connectivity index (χ4v) is 14.5. The zero-order chi connectivity index (χ0) is 82.5. The van der Waals surface area contributed by atoms with Gasteiger partial charge >= 0.3 is 0 Å². The number of carbonyl (C=O) groups is 6. The van der Waals surface area contributed by atoms with Crippen molar-refractivity contribution in [3.63, 3.8) is 0 Å². The number of likely N-dealkylation sites (tertiary alicyclic amines) is 2. The van der Waals surface area contributed by atoms with Gasteiger partial charge in [-0.15, -0.1) is 0 Å². The molecule has 5 aliphatic rings. The summed E-state index contributed by atoms with van der Waals surface area (Å²) in [6.45, 7) is 45.5. The van der Waals surface area contributed by atoms with Crippen molar-refractivity contribution in [2.45, 2.75) is 204 Å². The predicted molar refractivity (Wildman–Crippen MR) is 471 cm³/mol. The van der Waals surface area contributed by atoms with Crippen molar-refractivity contribution < 1.29 is 28.8 Å².